The van der Waals surface area contributed by atoms with Gasteiger partial charge in [-0.15, -0.1) is 0 Å². The number of benzene rings is 1. The van der Waals surface area contributed by atoms with Gasteiger partial charge in [-0.1, -0.05) is 30.8 Å². The van der Waals surface area contributed by atoms with E-state index >= 15 is 0 Å². The number of aryl methyl sites for hydroxylation is 1. The van der Waals surface area contributed by atoms with Crippen LogP contribution in [0.25, 0.3) is 0 Å². The van der Waals surface area contributed by atoms with E-state index in [1.807, 2.05) is 0 Å². The molecule has 0 spiro atoms. The van der Waals surface area contributed by atoms with Crippen LogP contribution in [0.4, 0.5) is 0 Å². The average Bonchev–Trinajstić information content (AvgIpc) is 2.47. The zero-order valence-corrected chi connectivity index (χ0v) is 12.0. The number of carbonyl (C=O) groups excluding carboxylic acids is 1. The minimum Gasteiger partial charge on any atom is -0.374 e. The molecule has 1 N–H and O–H groups in total. The summed E-state index contributed by atoms with van der Waals surface area (Å²) in [4.78, 5) is 13.5. The fraction of sp³-hybridized carbons (Fsp3) is 0.438. The van der Waals surface area contributed by atoms with E-state index in [1.54, 1.807) is 0 Å². The second-order valence-electron chi connectivity index (χ2n) is 5.10. The first-order valence-corrected chi connectivity index (χ1v) is 6.98. The van der Waals surface area contributed by atoms with E-state index in [-0.39, 0.29) is 12.0 Å². The molecule has 1 heterocycles. The van der Waals surface area contributed by atoms with Crippen LogP contribution in [0.2, 0.25) is 0 Å². The smallest absolute Gasteiger partial charge is 0.243 e. The molecule has 2 rings (SSSR count). The van der Waals surface area contributed by atoms with Gasteiger partial charge in [-0.25, -0.2) is 0 Å². The average molecular weight is 274 g/mol. The molecule has 1 aromatic rings. The molecule has 1 saturated heterocycles. The summed E-state index contributed by atoms with van der Waals surface area (Å²) in [7, 11) is 0. The van der Waals surface area contributed by atoms with Gasteiger partial charge in [-0.05, 0) is 24.1 Å². The highest BCUT2D eigenvalue weighted by Crippen LogP contribution is 2.13. The maximum Gasteiger partial charge on any atom is 0.243 e. The molecule has 20 heavy (non-hydrogen) atoms. The molecule has 1 aromatic carbocycles. The molecule has 0 bridgehead atoms. The fourth-order valence-corrected chi connectivity index (χ4v) is 2.36. The summed E-state index contributed by atoms with van der Waals surface area (Å²) in [5, 5.41) is 2.79. The van der Waals surface area contributed by atoms with Crippen LogP contribution in [0.15, 0.2) is 36.9 Å². The molecule has 1 aliphatic heterocycles. The number of morpholine rings is 1. The van der Waals surface area contributed by atoms with Crippen LogP contribution < -0.4 is 5.32 Å². The summed E-state index contributed by atoms with van der Waals surface area (Å²) in [6, 6.07) is 8.44. The standard InChI is InChI=1S/C16H22N2O2/c1-3-16(19)17-10-15-12-18(8-9-20-15)11-14-7-5-4-6-13(14)2/h3-7,15H,1,8-12H2,2H3,(H,17,19). The second-order valence-corrected chi connectivity index (χ2v) is 5.10. The lowest BCUT2D eigenvalue weighted by Crippen LogP contribution is -2.47. The van der Waals surface area contributed by atoms with Gasteiger partial charge >= 0.3 is 0 Å². The highest BCUT2D eigenvalue weighted by atomic mass is 16.5. The Kier molecular flexibility index (Phi) is 5.32. The van der Waals surface area contributed by atoms with Gasteiger partial charge in [-0.2, -0.15) is 0 Å². The topological polar surface area (TPSA) is 41.6 Å². The van der Waals surface area contributed by atoms with Crippen LogP contribution in [0.3, 0.4) is 0 Å². The molecule has 1 atom stereocenters. The molecular weight excluding hydrogens is 252 g/mol. The summed E-state index contributed by atoms with van der Waals surface area (Å²) in [6.45, 7) is 9.53. The lowest BCUT2D eigenvalue weighted by Gasteiger charge is -2.33. The predicted octanol–water partition coefficient (Wildman–Crippen LogP) is 1.50. The molecule has 0 aromatic heterocycles. The van der Waals surface area contributed by atoms with Gasteiger partial charge < -0.3 is 10.1 Å². The first-order chi connectivity index (χ1) is 9.69. The second kappa shape index (κ2) is 7.22. The van der Waals surface area contributed by atoms with E-state index in [0.29, 0.717) is 13.2 Å². The largest absolute Gasteiger partial charge is 0.374 e. The van der Waals surface area contributed by atoms with Crippen molar-refractivity contribution in [2.45, 2.75) is 19.6 Å². The van der Waals surface area contributed by atoms with Crippen molar-refractivity contribution in [3.63, 3.8) is 0 Å². The number of ether oxygens (including phenoxy) is 1. The van der Waals surface area contributed by atoms with Crippen molar-refractivity contribution < 1.29 is 9.53 Å². The minimum absolute atomic E-state index is 0.0525. The molecular formula is C16H22N2O2. The van der Waals surface area contributed by atoms with Crippen LogP contribution >= 0.6 is 0 Å². The van der Waals surface area contributed by atoms with Crippen LogP contribution in [-0.4, -0.2) is 43.2 Å². The van der Waals surface area contributed by atoms with Crippen molar-refractivity contribution in [2.24, 2.45) is 0 Å². The van der Waals surface area contributed by atoms with E-state index < -0.39 is 0 Å². The van der Waals surface area contributed by atoms with Crippen molar-refractivity contribution in [2.75, 3.05) is 26.2 Å². The molecule has 1 amide bonds. The summed E-state index contributed by atoms with van der Waals surface area (Å²) >= 11 is 0. The monoisotopic (exact) mass is 274 g/mol. The molecule has 0 saturated carbocycles. The van der Waals surface area contributed by atoms with Crippen LogP contribution in [0, 0.1) is 6.92 Å². The predicted molar refractivity (Wildman–Crippen MR) is 79.4 cm³/mol. The van der Waals surface area contributed by atoms with Gasteiger partial charge in [-0.3, -0.25) is 9.69 Å². The maximum atomic E-state index is 11.2. The quantitative estimate of drug-likeness (QED) is 0.827. The Bertz CT molecular complexity index is 473. The van der Waals surface area contributed by atoms with Crippen LogP contribution in [0.1, 0.15) is 11.1 Å². The van der Waals surface area contributed by atoms with Crippen molar-refractivity contribution in [1.29, 1.82) is 0 Å². The Morgan fingerprint density at radius 2 is 2.35 bits per heavy atom. The van der Waals surface area contributed by atoms with E-state index in [9.17, 15) is 4.79 Å². The Hall–Kier alpha value is -1.65. The first-order valence-electron chi connectivity index (χ1n) is 6.98. The number of amides is 1. The Labute approximate surface area is 120 Å². The van der Waals surface area contributed by atoms with Crippen molar-refractivity contribution in [3.8, 4) is 0 Å². The SMILES string of the molecule is C=CC(=O)NCC1CN(Cc2ccccc2C)CCO1. The number of hydrogen-bond donors (Lipinski definition) is 1. The zero-order chi connectivity index (χ0) is 14.4. The van der Waals surface area contributed by atoms with E-state index in [1.165, 1.54) is 17.2 Å². The van der Waals surface area contributed by atoms with E-state index in [0.717, 1.165) is 19.6 Å². The highest BCUT2D eigenvalue weighted by molar-refractivity contribution is 5.86. The summed E-state index contributed by atoms with van der Waals surface area (Å²) in [6.07, 6.45) is 1.34. The summed E-state index contributed by atoms with van der Waals surface area (Å²) in [5.41, 5.74) is 2.67. The third kappa shape index (κ3) is 4.18. The van der Waals surface area contributed by atoms with Gasteiger partial charge in [0.05, 0.1) is 12.7 Å². The molecule has 4 heteroatoms. The maximum absolute atomic E-state index is 11.2. The molecule has 4 nitrogen and oxygen atoms in total. The molecule has 1 aliphatic rings. The Morgan fingerprint density at radius 1 is 1.55 bits per heavy atom. The van der Waals surface area contributed by atoms with Gasteiger partial charge in [0.1, 0.15) is 0 Å². The molecule has 108 valence electrons. The first kappa shape index (κ1) is 14.8. The number of hydrogen-bond acceptors (Lipinski definition) is 3. The van der Waals surface area contributed by atoms with Crippen molar-refractivity contribution >= 4 is 5.91 Å². The van der Waals surface area contributed by atoms with Crippen molar-refractivity contribution in [1.82, 2.24) is 10.2 Å². The number of nitrogens with one attached hydrogen (secondary N) is 1. The molecule has 1 fully saturated rings. The third-order valence-electron chi connectivity index (χ3n) is 3.57. The lowest BCUT2D eigenvalue weighted by molar-refractivity contribution is -0.117. The molecule has 0 radical (unpaired) electrons. The minimum atomic E-state index is -0.148. The fourth-order valence-electron chi connectivity index (χ4n) is 2.36. The number of carbonyl (C=O) groups is 1. The molecule has 0 aliphatic carbocycles. The van der Waals surface area contributed by atoms with Gasteiger partial charge in [0.15, 0.2) is 0 Å². The lowest BCUT2D eigenvalue weighted by atomic mass is 10.1. The van der Waals surface area contributed by atoms with Gasteiger partial charge in [0, 0.05) is 26.2 Å². The van der Waals surface area contributed by atoms with Crippen molar-refractivity contribution in [3.05, 3.63) is 48.0 Å². The van der Waals surface area contributed by atoms with Crippen LogP contribution in [0.5, 0.6) is 0 Å². The van der Waals surface area contributed by atoms with Gasteiger partial charge in [0.25, 0.3) is 0 Å². The number of rotatable bonds is 5. The Balaban J connectivity index is 1.86. The van der Waals surface area contributed by atoms with E-state index in [2.05, 4.69) is 48.0 Å². The zero-order valence-electron chi connectivity index (χ0n) is 12.0. The molecule has 1 unspecified atom stereocenters. The Morgan fingerprint density at radius 3 is 3.10 bits per heavy atom. The number of nitrogens with zero attached hydrogens (tertiary/aromatic N) is 1. The van der Waals surface area contributed by atoms with Crippen LogP contribution in [-0.2, 0) is 16.1 Å². The van der Waals surface area contributed by atoms with E-state index in [4.69, 9.17) is 4.74 Å². The highest BCUT2D eigenvalue weighted by Gasteiger charge is 2.21. The summed E-state index contributed by atoms with van der Waals surface area (Å²) in [5.74, 6) is -0.148. The normalized spacial score (nSPS) is 19.6. The third-order valence-corrected chi connectivity index (χ3v) is 3.57. The summed E-state index contributed by atoms with van der Waals surface area (Å²) < 4.78 is 5.68. The van der Waals surface area contributed by atoms with Gasteiger partial charge in [0.2, 0.25) is 5.91 Å².